The van der Waals surface area contributed by atoms with Gasteiger partial charge in [0.25, 0.3) is 11.8 Å². The number of hydrogen-bond donors (Lipinski definition) is 2. The Morgan fingerprint density at radius 3 is 2.95 bits per heavy atom. The Hall–Kier alpha value is -2.70. The van der Waals surface area contributed by atoms with Crippen LogP contribution < -0.4 is 5.32 Å². The summed E-state index contributed by atoms with van der Waals surface area (Å²) in [7, 11) is 1.42. The lowest BCUT2D eigenvalue weighted by molar-refractivity contribution is -0.147. The summed E-state index contributed by atoms with van der Waals surface area (Å²) in [4.78, 5) is 36.7. The van der Waals surface area contributed by atoms with Gasteiger partial charge in [-0.15, -0.1) is 0 Å². The van der Waals surface area contributed by atoms with Crippen molar-refractivity contribution in [2.45, 2.75) is 18.9 Å². The molecule has 0 aliphatic carbocycles. The Kier molecular flexibility index (Phi) is 3.17. The highest BCUT2D eigenvalue weighted by atomic mass is 16.2. The molecule has 1 fully saturated rings. The Labute approximate surface area is 120 Å². The zero-order valence-corrected chi connectivity index (χ0v) is 11.4. The quantitative estimate of drug-likeness (QED) is 0.783. The van der Waals surface area contributed by atoms with Gasteiger partial charge in [0.15, 0.2) is 5.69 Å². The molecule has 0 radical (unpaired) electrons. The number of fused-ring (bicyclic) bond motifs is 1. The van der Waals surface area contributed by atoms with Crippen LogP contribution in [-0.4, -0.2) is 45.9 Å². The fraction of sp³-hybridized carbons (Fsp3) is 0.286. The summed E-state index contributed by atoms with van der Waals surface area (Å²) >= 11 is 0. The molecule has 21 heavy (non-hydrogen) atoms. The SMILES string of the molecule is CN1C(=O)CCC(NC(=O)c2n[nH]c3ccccc23)C1=O. The highest BCUT2D eigenvalue weighted by molar-refractivity contribution is 6.07. The van der Waals surface area contributed by atoms with Gasteiger partial charge in [0.2, 0.25) is 5.91 Å². The van der Waals surface area contributed by atoms with E-state index in [1.807, 2.05) is 18.2 Å². The molecule has 1 saturated heterocycles. The second kappa shape index (κ2) is 5.01. The van der Waals surface area contributed by atoms with E-state index in [1.165, 1.54) is 7.05 Å². The molecular formula is C14H14N4O3. The largest absolute Gasteiger partial charge is 0.339 e. The van der Waals surface area contributed by atoms with Gasteiger partial charge >= 0.3 is 0 Å². The Bertz CT molecular complexity index is 737. The topological polar surface area (TPSA) is 95.2 Å². The third-order valence-electron chi connectivity index (χ3n) is 3.64. The van der Waals surface area contributed by atoms with E-state index in [2.05, 4.69) is 15.5 Å². The number of rotatable bonds is 2. The summed E-state index contributed by atoms with van der Waals surface area (Å²) < 4.78 is 0. The van der Waals surface area contributed by atoms with Crippen LogP contribution in [0.4, 0.5) is 0 Å². The Morgan fingerprint density at radius 2 is 2.14 bits per heavy atom. The van der Waals surface area contributed by atoms with Crippen LogP contribution in [0.3, 0.4) is 0 Å². The van der Waals surface area contributed by atoms with E-state index in [0.717, 1.165) is 10.4 Å². The average Bonchev–Trinajstić information content (AvgIpc) is 2.92. The second-order valence-corrected chi connectivity index (χ2v) is 4.97. The molecule has 7 heteroatoms. The highest BCUT2D eigenvalue weighted by Crippen LogP contribution is 2.16. The molecule has 2 heterocycles. The maximum atomic E-state index is 12.3. The fourth-order valence-electron chi connectivity index (χ4n) is 2.41. The van der Waals surface area contributed by atoms with Gasteiger partial charge in [-0.1, -0.05) is 18.2 Å². The minimum Gasteiger partial charge on any atom is -0.339 e. The van der Waals surface area contributed by atoms with E-state index in [-0.39, 0.29) is 23.9 Å². The van der Waals surface area contributed by atoms with Gasteiger partial charge in [0, 0.05) is 18.9 Å². The number of para-hydroxylation sites is 1. The molecule has 2 aromatic rings. The van der Waals surface area contributed by atoms with Crippen LogP contribution in [0.15, 0.2) is 24.3 Å². The highest BCUT2D eigenvalue weighted by Gasteiger charge is 2.33. The molecule has 108 valence electrons. The summed E-state index contributed by atoms with van der Waals surface area (Å²) in [5, 5.41) is 10.1. The number of likely N-dealkylation sites (tertiary alicyclic amines) is 1. The average molecular weight is 286 g/mol. The van der Waals surface area contributed by atoms with Gasteiger partial charge in [-0.3, -0.25) is 24.4 Å². The lowest BCUT2D eigenvalue weighted by Crippen LogP contribution is -2.53. The molecule has 7 nitrogen and oxygen atoms in total. The third kappa shape index (κ3) is 2.26. The predicted octanol–water partition coefficient (Wildman–Crippen LogP) is 0.440. The summed E-state index contributed by atoms with van der Waals surface area (Å²) in [5.41, 5.74) is 1.00. The van der Waals surface area contributed by atoms with Gasteiger partial charge in [-0.2, -0.15) is 5.10 Å². The van der Waals surface area contributed by atoms with Crippen molar-refractivity contribution < 1.29 is 14.4 Å². The number of nitrogens with one attached hydrogen (secondary N) is 2. The number of nitrogens with zero attached hydrogens (tertiary/aromatic N) is 2. The van der Waals surface area contributed by atoms with Gasteiger partial charge in [-0.05, 0) is 12.5 Å². The van der Waals surface area contributed by atoms with Crippen LogP contribution in [-0.2, 0) is 9.59 Å². The fourth-order valence-corrected chi connectivity index (χ4v) is 2.41. The number of aromatic amines is 1. The zero-order valence-electron chi connectivity index (χ0n) is 11.4. The normalized spacial score (nSPS) is 19.1. The van der Waals surface area contributed by atoms with Crippen LogP contribution in [0.25, 0.3) is 10.9 Å². The van der Waals surface area contributed by atoms with Crippen LogP contribution in [0, 0.1) is 0 Å². The second-order valence-electron chi connectivity index (χ2n) is 4.97. The molecule has 1 aliphatic rings. The van der Waals surface area contributed by atoms with Crippen molar-refractivity contribution in [3.8, 4) is 0 Å². The van der Waals surface area contributed by atoms with Gasteiger partial charge in [-0.25, -0.2) is 0 Å². The first kappa shape index (κ1) is 13.3. The van der Waals surface area contributed by atoms with Crippen molar-refractivity contribution in [3.05, 3.63) is 30.0 Å². The lowest BCUT2D eigenvalue weighted by Gasteiger charge is -2.27. The van der Waals surface area contributed by atoms with E-state index >= 15 is 0 Å². The Balaban J connectivity index is 1.80. The molecule has 1 aromatic carbocycles. The summed E-state index contributed by atoms with van der Waals surface area (Å²) in [5.74, 6) is -1.04. The number of hydrogen-bond acceptors (Lipinski definition) is 4. The number of likely N-dealkylation sites (N-methyl/N-ethyl adjacent to an activating group) is 1. The molecule has 0 spiro atoms. The molecule has 1 aliphatic heterocycles. The van der Waals surface area contributed by atoms with Crippen LogP contribution in [0.5, 0.6) is 0 Å². The first-order chi connectivity index (χ1) is 10.1. The smallest absolute Gasteiger partial charge is 0.273 e. The first-order valence-corrected chi connectivity index (χ1v) is 6.62. The molecule has 3 amide bonds. The van der Waals surface area contributed by atoms with Crippen molar-refractivity contribution in [3.63, 3.8) is 0 Å². The van der Waals surface area contributed by atoms with Gasteiger partial charge in [0.1, 0.15) is 6.04 Å². The van der Waals surface area contributed by atoms with Gasteiger partial charge in [0.05, 0.1) is 5.52 Å². The minimum atomic E-state index is -0.685. The standard InChI is InChI=1S/C14H14N4O3/c1-18-11(19)7-6-10(14(18)21)15-13(20)12-8-4-2-3-5-9(8)16-17-12/h2-5,10H,6-7H2,1H3,(H,15,20)(H,16,17). The number of H-pyrrole nitrogens is 1. The van der Waals surface area contributed by atoms with E-state index in [9.17, 15) is 14.4 Å². The van der Waals surface area contributed by atoms with E-state index in [1.54, 1.807) is 6.07 Å². The molecular weight excluding hydrogens is 272 g/mol. The van der Waals surface area contributed by atoms with Crippen LogP contribution >= 0.6 is 0 Å². The zero-order chi connectivity index (χ0) is 15.0. The van der Waals surface area contributed by atoms with Crippen LogP contribution in [0.2, 0.25) is 0 Å². The van der Waals surface area contributed by atoms with E-state index in [4.69, 9.17) is 0 Å². The molecule has 1 aromatic heterocycles. The molecule has 2 N–H and O–H groups in total. The summed E-state index contributed by atoms with van der Waals surface area (Å²) in [6.45, 7) is 0. The number of carbonyl (C=O) groups excluding carboxylic acids is 3. The van der Waals surface area contributed by atoms with E-state index in [0.29, 0.717) is 11.8 Å². The molecule has 1 atom stereocenters. The lowest BCUT2D eigenvalue weighted by atomic mass is 10.0. The number of imide groups is 1. The molecule has 1 unspecified atom stereocenters. The number of carbonyl (C=O) groups is 3. The number of amides is 3. The van der Waals surface area contributed by atoms with Crippen molar-refractivity contribution >= 4 is 28.6 Å². The van der Waals surface area contributed by atoms with Crippen molar-refractivity contribution in [1.29, 1.82) is 0 Å². The molecule has 0 saturated carbocycles. The van der Waals surface area contributed by atoms with E-state index < -0.39 is 11.9 Å². The number of benzene rings is 1. The summed E-state index contributed by atoms with van der Waals surface area (Å²) in [6.07, 6.45) is 0.560. The number of aromatic nitrogens is 2. The predicted molar refractivity (Wildman–Crippen MR) is 74.4 cm³/mol. The maximum Gasteiger partial charge on any atom is 0.273 e. The van der Waals surface area contributed by atoms with Crippen molar-refractivity contribution in [1.82, 2.24) is 20.4 Å². The summed E-state index contributed by atoms with van der Waals surface area (Å²) in [6, 6.07) is 6.57. The minimum absolute atomic E-state index is 0.226. The molecule has 3 rings (SSSR count). The van der Waals surface area contributed by atoms with Crippen LogP contribution in [0.1, 0.15) is 23.3 Å². The molecule has 0 bridgehead atoms. The number of piperidine rings is 1. The Morgan fingerprint density at radius 1 is 1.38 bits per heavy atom. The van der Waals surface area contributed by atoms with Crippen molar-refractivity contribution in [2.24, 2.45) is 0 Å². The third-order valence-corrected chi connectivity index (χ3v) is 3.64. The van der Waals surface area contributed by atoms with Gasteiger partial charge < -0.3 is 5.32 Å². The monoisotopic (exact) mass is 286 g/mol. The maximum absolute atomic E-state index is 12.3. The first-order valence-electron chi connectivity index (χ1n) is 6.62. The van der Waals surface area contributed by atoms with Crippen molar-refractivity contribution in [2.75, 3.05) is 7.05 Å².